The number of halogens is 2. The molecule has 0 saturated carbocycles. The van der Waals surface area contributed by atoms with Crippen LogP contribution in [0.4, 0.5) is 9.18 Å². The average Bonchev–Trinajstić information content (AvgIpc) is 3.35. The number of carbonyl (C=O) groups excluding carboxylic acids is 1. The first-order valence-electron chi connectivity index (χ1n) is 12.1. The first kappa shape index (κ1) is 24.1. The predicted octanol–water partition coefficient (Wildman–Crippen LogP) is 5.52. The molecule has 1 fully saturated rings. The Morgan fingerprint density at radius 3 is 2.53 bits per heavy atom. The van der Waals surface area contributed by atoms with Gasteiger partial charge in [0.2, 0.25) is 0 Å². The summed E-state index contributed by atoms with van der Waals surface area (Å²) in [4.78, 5) is 30.4. The topological polar surface area (TPSA) is 112 Å². The number of benzene rings is 2. The van der Waals surface area contributed by atoms with Crippen LogP contribution in [0.5, 0.6) is 11.8 Å². The van der Waals surface area contributed by atoms with Gasteiger partial charge in [-0.1, -0.05) is 11.6 Å². The van der Waals surface area contributed by atoms with Crippen LogP contribution in [0.1, 0.15) is 19.8 Å². The summed E-state index contributed by atoms with van der Waals surface area (Å²) in [5.74, 6) is -0.0122. The highest BCUT2D eigenvalue weighted by Gasteiger charge is 2.34. The Morgan fingerprint density at radius 1 is 1.05 bits per heavy atom. The van der Waals surface area contributed by atoms with Gasteiger partial charge in [-0.2, -0.15) is 0 Å². The van der Waals surface area contributed by atoms with Crippen molar-refractivity contribution in [3.05, 3.63) is 72.2 Å². The van der Waals surface area contributed by atoms with E-state index < -0.39 is 11.8 Å². The van der Waals surface area contributed by atoms with Crippen LogP contribution in [-0.4, -0.2) is 48.5 Å². The molecule has 2 aromatic carbocycles. The number of hydrogen-bond donors (Lipinski definition) is 1. The van der Waals surface area contributed by atoms with Crippen molar-refractivity contribution >= 4 is 39.6 Å². The molecule has 1 aliphatic heterocycles. The number of primary amides is 1. The van der Waals surface area contributed by atoms with Crippen LogP contribution in [0.2, 0.25) is 5.02 Å². The zero-order chi connectivity index (χ0) is 26.4. The van der Waals surface area contributed by atoms with Gasteiger partial charge in [0.25, 0.3) is 0 Å². The van der Waals surface area contributed by atoms with Crippen LogP contribution < -0.4 is 10.5 Å². The molecule has 0 atom stereocenters. The zero-order valence-electron chi connectivity index (χ0n) is 20.4. The lowest BCUT2D eigenvalue weighted by molar-refractivity contribution is 0.141. The molecule has 5 aromatic rings. The number of amides is 2. The van der Waals surface area contributed by atoms with Crippen LogP contribution in [0.3, 0.4) is 0 Å². The number of aromatic nitrogens is 5. The number of rotatable bonds is 4. The molecule has 6 rings (SSSR count). The normalized spacial score (nSPS) is 15.2. The van der Waals surface area contributed by atoms with Gasteiger partial charge >= 0.3 is 12.0 Å². The van der Waals surface area contributed by atoms with E-state index in [9.17, 15) is 4.79 Å². The minimum Gasteiger partial charge on any atom is -0.424 e. The summed E-state index contributed by atoms with van der Waals surface area (Å²) in [7, 11) is 0. The van der Waals surface area contributed by atoms with Crippen molar-refractivity contribution in [3.63, 3.8) is 0 Å². The fourth-order valence-electron chi connectivity index (χ4n) is 5.00. The summed E-state index contributed by atoms with van der Waals surface area (Å²) < 4.78 is 23.2. The molecule has 2 N–H and O–H groups in total. The molecule has 3 aromatic heterocycles. The minimum atomic E-state index is -0.446. The number of fused-ring (bicyclic) bond motifs is 3. The van der Waals surface area contributed by atoms with Gasteiger partial charge in [0, 0.05) is 59.7 Å². The Kier molecular flexibility index (Phi) is 5.83. The smallest absolute Gasteiger partial charge is 0.321 e. The first-order chi connectivity index (χ1) is 18.3. The lowest BCUT2D eigenvalue weighted by Crippen LogP contribution is -2.48. The fourth-order valence-corrected chi connectivity index (χ4v) is 5.27. The second-order valence-electron chi connectivity index (χ2n) is 9.55. The van der Waals surface area contributed by atoms with Crippen molar-refractivity contribution in [1.29, 1.82) is 0 Å². The van der Waals surface area contributed by atoms with Gasteiger partial charge in [0.05, 0.1) is 28.6 Å². The van der Waals surface area contributed by atoms with Crippen molar-refractivity contribution in [2.75, 3.05) is 13.1 Å². The number of urea groups is 1. The van der Waals surface area contributed by atoms with Gasteiger partial charge in [-0.15, -0.1) is 0 Å². The minimum absolute atomic E-state index is 0.185. The summed E-state index contributed by atoms with van der Waals surface area (Å²) >= 11 is 6.60. The lowest BCUT2D eigenvalue weighted by atomic mass is 9.89. The Labute approximate surface area is 222 Å². The molecule has 0 aliphatic carbocycles. The molecule has 11 heteroatoms. The molecular weight excluding hydrogens is 509 g/mol. The molecule has 0 unspecified atom stereocenters. The highest BCUT2D eigenvalue weighted by Crippen LogP contribution is 2.39. The molecule has 0 bridgehead atoms. The van der Waals surface area contributed by atoms with Crippen LogP contribution in [0, 0.1) is 5.82 Å². The number of pyridine rings is 1. The highest BCUT2D eigenvalue weighted by atomic mass is 35.5. The second-order valence-corrected chi connectivity index (χ2v) is 9.96. The average molecular weight is 532 g/mol. The molecule has 9 nitrogen and oxygen atoms in total. The lowest BCUT2D eigenvalue weighted by Gasteiger charge is -2.40. The van der Waals surface area contributed by atoms with Crippen LogP contribution in [-0.2, 0) is 5.54 Å². The summed E-state index contributed by atoms with van der Waals surface area (Å²) in [5, 5.41) is 1.07. The molecule has 1 aliphatic rings. The van der Waals surface area contributed by atoms with Crippen molar-refractivity contribution in [2.24, 2.45) is 5.73 Å². The number of nitrogens with zero attached hydrogens (tertiary/aromatic N) is 6. The predicted molar refractivity (Wildman–Crippen MR) is 142 cm³/mol. The number of likely N-dealkylation sites (tertiary alicyclic amines) is 1. The summed E-state index contributed by atoms with van der Waals surface area (Å²) in [5.41, 5.74) is 8.08. The third kappa shape index (κ3) is 4.16. The maximum atomic E-state index is 15.4. The van der Waals surface area contributed by atoms with Crippen LogP contribution in [0.15, 0.2) is 61.3 Å². The third-order valence-corrected chi connectivity index (χ3v) is 7.49. The number of imidazole rings is 1. The Morgan fingerprint density at radius 2 is 1.82 bits per heavy atom. The van der Waals surface area contributed by atoms with E-state index in [0.717, 1.165) is 10.9 Å². The third-order valence-electron chi connectivity index (χ3n) is 7.18. The van der Waals surface area contributed by atoms with Gasteiger partial charge in [-0.3, -0.25) is 4.98 Å². The maximum Gasteiger partial charge on any atom is 0.321 e. The molecule has 0 spiro atoms. The Bertz CT molecular complexity index is 1680. The van der Waals surface area contributed by atoms with E-state index in [0.29, 0.717) is 58.9 Å². The number of carbonyl (C=O) groups is 1. The number of hydrogen-bond acceptors (Lipinski definition) is 6. The summed E-state index contributed by atoms with van der Waals surface area (Å²) in [6, 6.07) is 9.64. The molecule has 1 saturated heterocycles. The number of ether oxygens (including phenoxy) is 1. The summed E-state index contributed by atoms with van der Waals surface area (Å²) in [6.07, 6.45) is 8.00. The van der Waals surface area contributed by atoms with E-state index in [1.807, 2.05) is 0 Å². The van der Waals surface area contributed by atoms with Gasteiger partial charge in [0.1, 0.15) is 17.1 Å². The van der Waals surface area contributed by atoms with Crippen LogP contribution >= 0.6 is 11.6 Å². The SMILES string of the molecule is CC1(n2cnc3cnc4cc(F)c(-c5ccc(Oc6ncccn6)cc5Cl)cc4c32)CCN(C(N)=O)CC1. The first-order valence-corrected chi connectivity index (χ1v) is 12.5. The largest absolute Gasteiger partial charge is 0.424 e. The molecule has 0 radical (unpaired) electrons. The van der Waals surface area contributed by atoms with E-state index in [1.54, 1.807) is 60.1 Å². The van der Waals surface area contributed by atoms with Crippen LogP contribution in [0.25, 0.3) is 33.1 Å². The maximum absolute atomic E-state index is 15.4. The summed E-state index contributed by atoms with van der Waals surface area (Å²) in [6.45, 7) is 3.23. The van der Waals surface area contributed by atoms with Crippen molar-refractivity contribution in [3.8, 4) is 22.9 Å². The van der Waals surface area contributed by atoms with Crippen molar-refractivity contribution < 1.29 is 13.9 Å². The Balaban J connectivity index is 1.43. The number of nitrogens with two attached hydrogens (primary N) is 1. The molecule has 4 heterocycles. The van der Waals surface area contributed by atoms with E-state index in [-0.39, 0.29) is 11.5 Å². The second kappa shape index (κ2) is 9.21. The van der Waals surface area contributed by atoms with Gasteiger partial charge in [-0.05, 0) is 44.0 Å². The van der Waals surface area contributed by atoms with Crippen molar-refractivity contribution in [1.82, 2.24) is 29.4 Å². The molecule has 2 amide bonds. The molecular formula is C27H23ClFN7O2. The van der Waals surface area contributed by atoms with Gasteiger partial charge < -0.3 is 19.9 Å². The van der Waals surface area contributed by atoms with E-state index in [4.69, 9.17) is 22.1 Å². The van der Waals surface area contributed by atoms with Gasteiger partial charge in [0.15, 0.2) is 0 Å². The van der Waals surface area contributed by atoms with E-state index >= 15 is 4.39 Å². The molecule has 38 heavy (non-hydrogen) atoms. The van der Waals surface area contributed by atoms with E-state index in [1.165, 1.54) is 6.07 Å². The van der Waals surface area contributed by atoms with Crippen molar-refractivity contribution in [2.45, 2.75) is 25.3 Å². The quantitative estimate of drug-likeness (QED) is 0.327. The zero-order valence-corrected chi connectivity index (χ0v) is 21.2. The monoisotopic (exact) mass is 531 g/mol. The molecule has 192 valence electrons. The number of piperidine rings is 1. The van der Waals surface area contributed by atoms with E-state index in [2.05, 4.69) is 31.4 Å². The Hall–Kier alpha value is -4.31. The highest BCUT2D eigenvalue weighted by molar-refractivity contribution is 6.33. The standard InChI is InChI=1S/C27H23ClFN7O2/c1-27(5-9-35(10-6-27)25(30)37)36-15-34-23-14-33-22-13-21(29)18(12-19(22)24(23)36)17-4-3-16(11-20(17)28)38-26-31-7-2-8-32-26/h2-4,7-8,11-15H,5-6,9-10H2,1H3,(H2,30,37). The van der Waals surface area contributed by atoms with Gasteiger partial charge in [-0.25, -0.2) is 24.1 Å². The fraction of sp³-hybridized carbons (Fsp3) is 0.222.